The summed E-state index contributed by atoms with van der Waals surface area (Å²) < 4.78 is 21.2. The maximum absolute atomic E-state index is 12.4. The van der Waals surface area contributed by atoms with Crippen molar-refractivity contribution in [1.29, 1.82) is 0 Å². The molecule has 0 saturated carbocycles. The lowest BCUT2D eigenvalue weighted by Gasteiger charge is -2.16. The third-order valence-corrected chi connectivity index (χ3v) is 3.36. The van der Waals surface area contributed by atoms with Crippen LogP contribution >= 0.6 is 0 Å². The summed E-state index contributed by atoms with van der Waals surface area (Å²) in [6.07, 6.45) is 2.91. The fraction of sp³-hybridized carbons (Fsp3) is 0.294. The van der Waals surface area contributed by atoms with Crippen LogP contribution in [0.5, 0.6) is 17.2 Å². The molecule has 0 bridgehead atoms. The van der Waals surface area contributed by atoms with E-state index in [1.807, 2.05) is 0 Å². The van der Waals surface area contributed by atoms with Crippen LogP contribution in [-0.4, -0.2) is 32.3 Å². The molecule has 0 aliphatic carbocycles. The standard InChI is InChI=1S/C17H19NO5/c1-11(12-5-7-18-8-6-12)23-17(19)13-9-14(20-2)16(22-4)15(10-13)21-3/h5-11H,1-4H3. The molecule has 2 aromatic rings. The van der Waals surface area contributed by atoms with E-state index < -0.39 is 12.1 Å². The lowest BCUT2D eigenvalue weighted by molar-refractivity contribution is 0.0337. The summed E-state index contributed by atoms with van der Waals surface area (Å²) in [7, 11) is 4.49. The number of esters is 1. The Morgan fingerprint density at radius 3 is 2.04 bits per heavy atom. The predicted octanol–water partition coefficient (Wildman–Crippen LogP) is 3.03. The highest BCUT2D eigenvalue weighted by Gasteiger charge is 2.19. The Balaban J connectivity index is 2.25. The Kier molecular flexibility index (Phi) is 5.41. The number of methoxy groups -OCH3 is 3. The van der Waals surface area contributed by atoms with Gasteiger partial charge in [-0.3, -0.25) is 4.98 Å². The van der Waals surface area contributed by atoms with Crippen LogP contribution in [0.25, 0.3) is 0 Å². The van der Waals surface area contributed by atoms with Crippen LogP contribution in [0.4, 0.5) is 0 Å². The SMILES string of the molecule is COc1cc(C(=O)OC(C)c2ccncc2)cc(OC)c1OC. The quantitative estimate of drug-likeness (QED) is 0.763. The van der Waals surface area contributed by atoms with Crippen LogP contribution in [0, 0.1) is 0 Å². The van der Waals surface area contributed by atoms with Gasteiger partial charge in [-0.25, -0.2) is 4.79 Å². The van der Waals surface area contributed by atoms with Crippen molar-refractivity contribution in [2.24, 2.45) is 0 Å². The summed E-state index contributed by atoms with van der Waals surface area (Å²) in [6, 6.07) is 6.71. The molecule has 0 spiro atoms. The van der Waals surface area contributed by atoms with E-state index in [-0.39, 0.29) is 0 Å². The molecule has 1 heterocycles. The molecular weight excluding hydrogens is 298 g/mol. The van der Waals surface area contributed by atoms with Gasteiger partial charge in [-0.1, -0.05) is 0 Å². The first-order valence-corrected chi connectivity index (χ1v) is 7.01. The molecule has 1 unspecified atom stereocenters. The molecule has 0 aliphatic heterocycles. The van der Waals surface area contributed by atoms with Crippen LogP contribution in [0.3, 0.4) is 0 Å². The summed E-state index contributed by atoms with van der Waals surface area (Å²) in [4.78, 5) is 16.3. The van der Waals surface area contributed by atoms with E-state index in [1.165, 1.54) is 21.3 Å². The van der Waals surface area contributed by atoms with Gasteiger partial charge in [-0.05, 0) is 36.8 Å². The molecule has 122 valence electrons. The van der Waals surface area contributed by atoms with Gasteiger partial charge in [0.15, 0.2) is 11.5 Å². The number of carbonyl (C=O) groups excluding carboxylic acids is 1. The zero-order valence-corrected chi connectivity index (χ0v) is 13.5. The molecule has 2 rings (SSSR count). The van der Waals surface area contributed by atoms with Crippen LogP contribution in [-0.2, 0) is 4.74 Å². The molecule has 23 heavy (non-hydrogen) atoms. The van der Waals surface area contributed by atoms with Gasteiger partial charge in [0.05, 0.1) is 26.9 Å². The zero-order chi connectivity index (χ0) is 16.8. The average molecular weight is 317 g/mol. The van der Waals surface area contributed by atoms with Crippen molar-refractivity contribution in [2.45, 2.75) is 13.0 Å². The fourth-order valence-electron chi connectivity index (χ4n) is 2.13. The third kappa shape index (κ3) is 3.71. The van der Waals surface area contributed by atoms with E-state index in [2.05, 4.69) is 4.98 Å². The summed E-state index contributed by atoms with van der Waals surface area (Å²) in [5.41, 5.74) is 1.18. The average Bonchev–Trinajstić information content (AvgIpc) is 2.60. The molecule has 1 aromatic heterocycles. The first kappa shape index (κ1) is 16.6. The zero-order valence-electron chi connectivity index (χ0n) is 13.5. The maximum Gasteiger partial charge on any atom is 0.339 e. The number of carbonyl (C=O) groups is 1. The first-order valence-electron chi connectivity index (χ1n) is 7.01. The molecule has 6 heteroatoms. The van der Waals surface area contributed by atoms with Crippen molar-refractivity contribution in [3.05, 3.63) is 47.8 Å². The highest BCUT2D eigenvalue weighted by atomic mass is 16.5. The Labute approximate surface area is 135 Å². The van der Waals surface area contributed by atoms with Gasteiger partial charge < -0.3 is 18.9 Å². The number of nitrogens with zero attached hydrogens (tertiary/aromatic N) is 1. The summed E-state index contributed by atoms with van der Waals surface area (Å²) in [6.45, 7) is 1.80. The van der Waals surface area contributed by atoms with Crippen molar-refractivity contribution in [2.75, 3.05) is 21.3 Å². The topological polar surface area (TPSA) is 66.9 Å². The second-order valence-electron chi connectivity index (χ2n) is 4.74. The molecule has 0 fully saturated rings. The van der Waals surface area contributed by atoms with E-state index in [0.717, 1.165) is 5.56 Å². The number of pyridine rings is 1. The van der Waals surface area contributed by atoms with Gasteiger partial charge in [0.25, 0.3) is 0 Å². The van der Waals surface area contributed by atoms with E-state index in [0.29, 0.717) is 22.8 Å². The third-order valence-electron chi connectivity index (χ3n) is 3.36. The molecule has 1 atom stereocenters. The van der Waals surface area contributed by atoms with Gasteiger partial charge in [0.1, 0.15) is 6.10 Å². The molecule has 6 nitrogen and oxygen atoms in total. The monoisotopic (exact) mass is 317 g/mol. The molecule has 1 aromatic carbocycles. The number of aromatic nitrogens is 1. The molecule has 0 aliphatic rings. The van der Waals surface area contributed by atoms with Crippen molar-refractivity contribution < 1.29 is 23.7 Å². The second kappa shape index (κ2) is 7.49. The van der Waals surface area contributed by atoms with Crippen LogP contribution in [0.1, 0.15) is 28.9 Å². The summed E-state index contributed by atoms with van der Waals surface area (Å²) >= 11 is 0. The minimum atomic E-state index is -0.478. The Hall–Kier alpha value is -2.76. The smallest absolute Gasteiger partial charge is 0.339 e. The minimum absolute atomic E-state index is 0.320. The number of ether oxygens (including phenoxy) is 4. The van der Waals surface area contributed by atoms with Gasteiger partial charge in [0, 0.05) is 12.4 Å². The largest absolute Gasteiger partial charge is 0.493 e. The lowest BCUT2D eigenvalue weighted by atomic mass is 10.1. The Morgan fingerprint density at radius 1 is 1.00 bits per heavy atom. The lowest BCUT2D eigenvalue weighted by Crippen LogP contribution is -2.10. The molecule has 0 radical (unpaired) electrons. The highest BCUT2D eigenvalue weighted by Crippen LogP contribution is 2.38. The number of rotatable bonds is 6. The minimum Gasteiger partial charge on any atom is -0.493 e. The molecule has 0 saturated heterocycles. The molecular formula is C17H19NO5. The predicted molar refractivity (Wildman–Crippen MR) is 84.2 cm³/mol. The van der Waals surface area contributed by atoms with Gasteiger partial charge in [-0.2, -0.15) is 0 Å². The van der Waals surface area contributed by atoms with Crippen LogP contribution in [0.2, 0.25) is 0 Å². The summed E-state index contributed by atoms with van der Waals surface area (Å²) in [5, 5.41) is 0. The number of hydrogen-bond donors (Lipinski definition) is 0. The van der Waals surface area contributed by atoms with Crippen molar-refractivity contribution in [3.63, 3.8) is 0 Å². The van der Waals surface area contributed by atoms with Crippen LogP contribution < -0.4 is 14.2 Å². The maximum atomic E-state index is 12.4. The van der Waals surface area contributed by atoms with E-state index >= 15 is 0 Å². The second-order valence-corrected chi connectivity index (χ2v) is 4.74. The van der Waals surface area contributed by atoms with Gasteiger partial charge >= 0.3 is 5.97 Å². The molecule has 0 amide bonds. The van der Waals surface area contributed by atoms with Crippen LogP contribution in [0.15, 0.2) is 36.7 Å². The summed E-state index contributed by atoms with van der Waals surface area (Å²) in [5.74, 6) is 0.744. The molecule has 0 N–H and O–H groups in total. The van der Waals surface area contributed by atoms with E-state index in [9.17, 15) is 4.79 Å². The van der Waals surface area contributed by atoms with Gasteiger partial charge in [0.2, 0.25) is 5.75 Å². The van der Waals surface area contributed by atoms with Crippen molar-refractivity contribution in [3.8, 4) is 17.2 Å². The van der Waals surface area contributed by atoms with Crippen molar-refractivity contribution >= 4 is 5.97 Å². The number of benzene rings is 1. The fourth-order valence-corrected chi connectivity index (χ4v) is 2.13. The first-order chi connectivity index (χ1) is 11.1. The van der Waals surface area contributed by atoms with E-state index in [4.69, 9.17) is 18.9 Å². The normalized spacial score (nSPS) is 11.5. The van der Waals surface area contributed by atoms with E-state index in [1.54, 1.807) is 43.6 Å². The Bertz CT molecular complexity index is 647. The van der Waals surface area contributed by atoms with Crippen molar-refractivity contribution in [1.82, 2.24) is 4.98 Å². The van der Waals surface area contributed by atoms with Gasteiger partial charge in [-0.15, -0.1) is 0 Å². The number of hydrogen-bond acceptors (Lipinski definition) is 6. The highest BCUT2D eigenvalue weighted by molar-refractivity contribution is 5.91. The Morgan fingerprint density at radius 2 is 1.57 bits per heavy atom.